The van der Waals surface area contributed by atoms with E-state index in [2.05, 4.69) is 21.4 Å². The molecule has 0 saturated heterocycles. The van der Waals surface area contributed by atoms with Crippen molar-refractivity contribution in [2.45, 2.75) is 23.2 Å². The van der Waals surface area contributed by atoms with Gasteiger partial charge in [-0.05, 0) is 36.6 Å². The van der Waals surface area contributed by atoms with Crippen LogP contribution in [-0.4, -0.2) is 21.1 Å². The minimum Gasteiger partial charge on any atom is -0.333 e. The van der Waals surface area contributed by atoms with Gasteiger partial charge in [0.1, 0.15) is 0 Å². The van der Waals surface area contributed by atoms with E-state index in [0.717, 1.165) is 34.7 Å². The molecule has 2 N–H and O–H groups in total. The number of amides is 1. The lowest BCUT2D eigenvalue weighted by atomic mass is 10.1. The van der Waals surface area contributed by atoms with Crippen molar-refractivity contribution in [2.75, 3.05) is 5.32 Å². The summed E-state index contributed by atoms with van der Waals surface area (Å²) in [6.45, 7) is 0. The molecule has 4 rings (SSSR count). The SMILES string of the molecule is O=C1Nc2ccccc2CC[C@@H]1Sc1nc2ccccc2[nH]1. The van der Waals surface area contributed by atoms with Crippen LogP contribution in [0.5, 0.6) is 0 Å². The van der Waals surface area contributed by atoms with Crippen molar-refractivity contribution >= 4 is 34.4 Å². The summed E-state index contributed by atoms with van der Waals surface area (Å²) in [5.41, 5.74) is 4.06. The molecule has 0 bridgehead atoms. The van der Waals surface area contributed by atoms with Crippen molar-refractivity contribution in [2.24, 2.45) is 0 Å². The van der Waals surface area contributed by atoms with Crippen LogP contribution in [0.4, 0.5) is 5.69 Å². The fourth-order valence-corrected chi connectivity index (χ4v) is 3.71. The number of hydrogen-bond donors (Lipinski definition) is 2. The van der Waals surface area contributed by atoms with Crippen LogP contribution in [0.25, 0.3) is 11.0 Å². The Morgan fingerprint density at radius 1 is 1.09 bits per heavy atom. The molecular formula is C17H15N3OS. The van der Waals surface area contributed by atoms with Crippen molar-refractivity contribution < 1.29 is 4.79 Å². The van der Waals surface area contributed by atoms with Crippen molar-refractivity contribution in [1.82, 2.24) is 9.97 Å². The minimum atomic E-state index is -0.132. The second-order valence-electron chi connectivity index (χ2n) is 5.35. The van der Waals surface area contributed by atoms with Gasteiger partial charge >= 0.3 is 0 Å². The summed E-state index contributed by atoms with van der Waals surface area (Å²) in [4.78, 5) is 20.2. The number of rotatable bonds is 2. The van der Waals surface area contributed by atoms with Crippen LogP contribution in [0.1, 0.15) is 12.0 Å². The number of aromatic amines is 1. The summed E-state index contributed by atoms with van der Waals surface area (Å²) in [5, 5.41) is 3.69. The molecule has 0 radical (unpaired) electrons. The molecular weight excluding hydrogens is 294 g/mol. The monoisotopic (exact) mass is 309 g/mol. The molecule has 1 amide bonds. The van der Waals surface area contributed by atoms with Crippen LogP contribution < -0.4 is 5.32 Å². The van der Waals surface area contributed by atoms with Crippen LogP contribution in [0.2, 0.25) is 0 Å². The smallest absolute Gasteiger partial charge is 0.237 e. The molecule has 4 nitrogen and oxygen atoms in total. The summed E-state index contributed by atoms with van der Waals surface area (Å²) >= 11 is 1.50. The summed E-state index contributed by atoms with van der Waals surface area (Å²) < 4.78 is 0. The molecule has 5 heteroatoms. The molecule has 1 aliphatic rings. The molecule has 110 valence electrons. The Morgan fingerprint density at radius 3 is 2.82 bits per heavy atom. The number of para-hydroxylation sites is 3. The molecule has 22 heavy (non-hydrogen) atoms. The molecule has 1 atom stereocenters. The molecule has 0 fully saturated rings. The molecule has 1 aromatic heterocycles. The Kier molecular flexibility index (Phi) is 3.35. The third-order valence-corrected chi connectivity index (χ3v) is 5.02. The van der Waals surface area contributed by atoms with Crippen LogP contribution in [0, 0.1) is 0 Å². The van der Waals surface area contributed by atoms with E-state index < -0.39 is 0 Å². The van der Waals surface area contributed by atoms with Crippen LogP contribution in [0.15, 0.2) is 53.7 Å². The highest BCUT2D eigenvalue weighted by Gasteiger charge is 2.25. The number of H-pyrrole nitrogens is 1. The standard InChI is InChI=1S/C17H15N3OS/c21-16-15(10-9-11-5-1-2-6-12(11)18-16)22-17-19-13-7-3-4-8-14(13)20-17/h1-8,15H,9-10H2,(H,18,21)(H,19,20)/t15-/m0/s1. The van der Waals surface area contributed by atoms with Gasteiger partial charge in [-0.25, -0.2) is 4.98 Å². The molecule has 0 spiro atoms. The van der Waals surface area contributed by atoms with E-state index in [4.69, 9.17) is 0 Å². The fraction of sp³-hybridized carbons (Fsp3) is 0.176. The van der Waals surface area contributed by atoms with E-state index >= 15 is 0 Å². The molecule has 2 aromatic carbocycles. The van der Waals surface area contributed by atoms with Gasteiger partial charge in [0.25, 0.3) is 0 Å². The van der Waals surface area contributed by atoms with Gasteiger partial charge in [-0.15, -0.1) is 0 Å². The number of nitrogens with zero attached hydrogens (tertiary/aromatic N) is 1. The van der Waals surface area contributed by atoms with Gasteiger partial charge in [0.2, 0.25) is 5.91 Å². The topological polar surface area (TPSA) is 57.8 Å². The number of carbonyl (C=O) groups excluding carboxylic acids is 1. The van der Waals surface area contributed by atoms with Gasteiger partial charge in [0.05, 0.1) is 16.3 Å². The first kappa shape index (κ1) is 13.4. The second kappa shape index (κ2) is 5.50. The van der Waals surface area contributed by atoms with E-state index in [9.17, 15) is 4.79 Å². The largest absolute Gasteiger partial charge is 0.333 e. The maximum Gasteiger partial charge on any atom is 0.237 e. The number of carbonyl (C=O) groups is 1. The van der Waals surface area contributed by atoms with Crippen molar-refractivity contribution in [3.05, 3.63) is 54.1 Å². The van der Waals surface area contributed by atoms with Crippen molar-refractivity contribution in [1.29, 1.82) is 0 Å². The van der Waals surface area contributed by atoms with Gasteiger partial charge in [0.15, 0.2) is 5.16 Å². The van der Waals surface area contributed by atoms with E-state index in [1.165, 1.54) is 17.3 Å². The van der Waals surface area contributed by atoms with Gasteiger partial charge in [0, 0.05) is 5.69 Å². The lowest BCUT2D eigenvalue weighted by Gasteiger charge is -2.10. The van der Waals surface area contributed by atoms with E-state index in [1.54, 1.807) is 0 Å². The molecule has 0 unspecified atom stereocenters. The first-order valence-corrected chi connectivity index (χ1v) is 8.18. The lowest BCUT2D eigenvalue weighted by molar-refractivity contribution is -0.115. The Hall–Kier alpha value is -2.27. The number of aromatic nitrogens is 2. The molecule has 0 aliphatic carbocycles. The Morgan fingerprint density at radius 2 is 1.91 bits per heavy atom. The first-order valence-electron chi connectivity index (χ1n) is 7.30. The number of benzene rings is 2. The van der Waals surface area contributed by atoms with Gasteiger partial charge in [-0.1, -0.05) is 42.1 Å². The average Bonchev–Trinajstić information content (AvgIpc) is 2.87. The van der Waals surface area contributed by atoms with E-state index in [-0.39, 0.29) is 11.2 Å². The molecule has 3 aromatic rings. The quantitative estimate of drug-likeness (QED) is 0.760. The summed E-state index contributed by atoms with van der Waals surface area (Å²) in [7, 11) is 0. The highest BCUT2D eigenvalue weighted by atomic mass is 32.2. The third kappa shape index (κ3) is 2.48. The number of imidazole rings is 1. The Balaban J connectivity index is 1.57. The lowest BCUT2D eigenvalue weighted by Crippen LogP contribution is -2.23. The van der Waals surface area contributed by atoms with E-state index in [1.807, 2.05) is 42.5 Å². The first-order chi connectivity index (χ1) is 10.8. The Bertz CT molecular complexity index is 810. The number of thioether (sulfide) groups is 1. The minimum absolute atomic E-state index is 0.0513. The summed E-state index contributed by atoms with van der Waals surface area (Å²) in [6, 6.07) is 15.9. The number of nitrogens with one attached hydrogen (secondary N) is 2. The molecule has 0 saturated carbocycles. The van der Waals surface area contributed by atoms with Gasteiger partial charge in [-0.3, -0.25) is 4.79 Å². The third-order valence-electron chi connectivity index (χ3n) is 3.87. The second-order valence-corrected chi connectivity index (χ2v) is 6.54. The maximum absolute atomic E-state index is 12.4. The van der Waals surface area contributed by atoms with Crippen LogP contribution >= 0.6 is 11.8 Å². The fourth-order valence-electron chi connectivity index (χ4n) is 2.72. The predicted molar refractivity (Wildman–Crippen MR) is 89.1 cm³/mol. The van der Waals surface area contributed by atoms with Crippen LogP contribution in [0.3, 0.4) is 0 Å². The summed E-state index contributed by atoms with van der Waals surface area (Å²) in [5.74, 6) is 0.0513. The highest BCUT2D eigenvalue weighted by Crippen LogP contribution is 2.31. The maximum atomic E-state index is 12.4. The number of hydrogen-bond acceptors (Lipinski definition) is 3. The van der Waals surface area contributed by atoms with Crippen LogP contribution in [-0.2, 0) is 11.2 Å². The zero-order chi connectivity index (χ0) is 14.9. The zero-order valence-electron chi connectivity index (χ0n) is 11.9. The molecule has 1 aliphatic heterocycles. The van der Waals surface area contributed by atoms with Crippen molar-refractivity contribution in [3.63, 3.8) is 0 Å². The highest BCUT2D eigenvalue weighted by molar-refractivity contribution is 8.00. The number of fused-ring (bicyclic) bond motifs is 2. The number of anilines is 1. The normalized spacial score (nSPS) is 17.8. The zero-order valence-corrected chi connectivity index (χ0v) is 12.7. The van der Waals surface area contributed by atoms with E-state index in [0.29, 0.717) is 0 Å². The molecule has 2 heterocycles. The average molecular weight is 309 g/mol. The Labute approximate surface area is 132 Å². The van der Waals surface area contributed by atoms with Crippen molar-refractivity contribution in [3.8, 4) is 0 Å². The van der Waals surface area contributed by atoms with Gasteiger partial charge < -0.3 is 10.3 Å². The number of aryl methyl sites for hydroxylation is 1. The summed E-state index contributed by atoms with van der Waals surface area (Å²) in [6.07, 6.45) is 1.71. The van der Waals surface area contributed by atoms with Gasteiger partial charge in [-0.2, -0.15) is 0 Å². The predicted octanol–water partition coefficient (Wildman–Crippen LogP) is 3.61.